The number of carbonyl (C=O) groups is 6. The van der Waals surface area contributed by atoms with Crippen LogP contribution in [0.5, 0.6) is 11.5 Å². The molecule has 0 aromatic heterocycles. The van der Waals surface area contributed by atoms with E-state index in [1.165, 1.54) is 23.1 Å². The van der Waals surface area contributed by atoms with Crippen LogP contribution >= 0.6 is 0 Å². The van der Waals surface area contributed by atoms with Gasteiger partial charge in [0.1, 0.15) is 30.8 Å². The van der Waals surface area contributed by atoms with E-state index in [9.17, 15) is 28.8 Å². The molecule has 250 valence electrons. The first-order chi connectivity index (χ1) is 23.7. The lowest BCUT2D eigenvalue weighted by Crippen LogP contribution is -2.45. The van der Waals surface area contributed by atoms with Gasteiger partial charge in [0.2, 0.25) is 11.6 Å². The van der Waals surface area contributed by atoms with Gasteiger partial charge in [-0.15, -0.1) is 0 Å². The first kappa shape index (κ1) is 34.4. The average molecular weight is 662 g/mol. The molecule has 1 amide bonds. The lowest BCUT2D eigenvalue weighted by molar-refractivity contribution is -0.160. The number of nitrogens with zero attached hydrogens (tertiary/aromatic N) is 1. The quantitative estimate of drug-likeness (QED) is 0.0714. The fraction of sp³-hybridized carbons (Fsp3) is 0.231. The zero-order valence-corrected chi connectivity index (χ0v) is 26.7. The average Bonchev–Trinajstić information content (AvgIpc) is 3.14. The predicted molar refractivity (Wildman–Crippen MR) is 178 cm³/mol. The number of hydrogen-bond acceptors (Lipinski definition) is 9. The Morgan fingerprint density at radius 1 is 0.571 bits per heavy atom. The molecule has 10 nitrogen and oxygen atoms in total. The molecule has 1 saturated heterocycles. The molecule has 1 heterocycles. The summed E-state index contributed by atoms with van der Waals surface area (Å²) in [5, 5.41) is 0. The van der Waals surface area contributed by atoms with Crippen LogP contribution < -0.4 is 9.47 Å². The molecule has 4 aromatic carbocycles. The van der Waals surface area contributed by atoms with Crippen LogP contribution in [0.3, 0.4) is 0 Å². The van der Waals surface area contributed by atoms with Crippen LogP contribution in [0, 0.1) is 0 Å². The van der Waals surface area contributed by atoms with Gasteiger partial charge in [-0.1, -0.05) is 84.9 Å². The van der Waals surface area contributed by atoms with Gasteiger partial charge in [-0.05, 0) is 35.4 Å². The number of esters is 1. The summed E-state index contributed by atoms with van der Waals surface area (Å²) in [4.78, 5) is 77.4. The van der Waals surface area contributed by atoms with Crippen LogP contribution in [0.1, 0.15) is 57.5 Å². The van der Waals surface area contributed by atoms with E-state index in [-0.39, 0.29) is 37.1 Å². The van der Waals surface area contributed by atoms with Crippen molar-refractivity contribution in [3.63, 3.8) is 0 Å². The highest BCUT2D eigenvalue weighted by Crippen LogP contribution is 2.20. The van der Waals surface area contributed by atoms with Gasteiger partial charge in [0.05, 0.1) is 12.8 Å². The highest BCUT2D eigenvalue weighted by molar-refractivity contribution is 6.40. The Balaban J connectivity index is 1.03. The van der Waals surface area contributed by atoms with Gasteiger partial charge in [0.15, 0.2) is 11.6 Å². The maximum Gasteiger partial charge on any atom is 0.375 e. The first-order valence-electron chi connectivity index (χ1n) is 15.9. The minimum absolute atomic E-state index is 0.0996. The van der Waals surface area contributed by atoms with Gasteiger partial charge in [0.25, 0.3) is 5.91 Å². The first-order valence-corrected chi connectivity index (χ1v) is 15.9. The van der Waals surface area contributed by atoms with Crippen molar-refractivity contribution >= 4 is 35.0 Å². The monoisotopic (exact) mass is 661 g/mol. The molecule has 0 spiro atoms. The topological polar surface area (TPSA) is 133 Å². The summed E-state index contributed by atoms with van der Waals surface area (Å²) in [6.07, 6.45) is -1.53. The lowest BCUT2D eigenvalue weighted by atomic mass is 10.0. The third-order valence-corrected chi connectivity index (χ3v) is 7.92. The number of ketones is 4. The molecule has 0 saturated carbocycles. The Labute approximate surface area is 283 Å². The highest BCUT2D eigenvalue weighted by Gasteiger charge is 2.31. The molecule has 1 aliphatic heterocycles. The maximum atomic E-state index is 12.8. The molecule has 1 aliphatic rings. The molecule has 10 heteroatoms. The number of rotatable bonds is 15. The molecule has 0 radical (unpaired) electrons. The van der Waals surface area contributed by atoms with Gasteiger partial charge in [0, 0.05) is 37.1 Å². The van der Waals surface area contributed by atoms with E-state index in [4.69, 9.17) is 14.2 Å². The molecule has 0 aliphatic carbocycles. The van der Waals surface area contributed by atoms with E-state index >= 15 is 0 Å². The van der Waals surface area contributed by atoms with Crippen LogP contribution in [0.15, 0.2) is 109 Å². The van der Waals surface area contributed by atoms with Gasteiger partial charge in [-0.2, -0.15) is 0 Å². The number of carbonyl (C=O) groups excluding carboxylic acids is 6. The Bertz CT molecular complexity index is 1810. The minimum atomic E-state index is -1.13. The summed E-state index contributed by atoms with van der Waals surface area (Å²) in [5.74, 6) is -3.91. The van der Waals surface area contributed by atoms with Crippen LogP contribution in [0.4, 0.5) is 0 Å². The summed E-state index contributed by atoms with van der Waals surface area (Å²) in [7, 11) is 0. The number of hydrogen-bond donors (Lipinski definition) is 0. The van der Waals surface area contributed by atoms with Crippen LogP contribution in [0.2, 0.25) is 0 Å². The van der Waals surface area contributed by atoms with Crippen molar-refractivity contribution in [3.05, 3.63) is 131 Å². The second kappa shape index (κ2) is 16.8. The van der Waals surface area contributed by atoms with Crippen molar-refractivity contribution in [2.75, 3.05) is 13.1 Å². The normalized spacial score (nSPS) is 12.9. The fourth-order valence-electron chi connectivity index (χ4n) is 5.21. The van der Waals surface area contributed by atoms with Crippen molar-refractivity contribution in [2.45, 2.75) is 45.0 Å². The standard InChI is InChI=1S/C39H35NO9/c41-34(29-13-7-15-32(21-29)47-25-27-9-3-1-4-10-27)23-36(43)38(45)40-19-17-31(18-20-40)49-39(46)37(44)24-35(42)30-14-8-16-33(22-30)48-26-28-11-5-2-6-12-28/h1-16,21-22,31H,17-20,23-26H2. The Morgan fingerprint density at radius 3 is 1.53 bits per heavy atom. The van der Waals surface area contributed by atoms with Crippen molar-refractivity contribution in [1.82, 2.24) is 4.90 Å². The number of piperidine rings is 1. The van der Waals surface area contributed by atoms with Gasteiger partial charge in [-0.25, -0.2) is 4.79 Å². The fourth-order valence-corrected chi connectivity index (χ4v) is 5.21. The Hall–Kier alpha value is -5.90. The van der Waals surface area contributed by atoms with Gasteiger partial charge >= 0.3 is 5.97 Å². The zero-order valence-electron chi connectivity index (χ0n) is 26.7. The van der Waals surface area contributed by atoms with Crippen molar-refractivity contribution in [3.8, 4) is 11.5 Å². The van der Waals surface area contributed by atoms with Crippen molar-refractivity contribution in [2.24, 2.45) is 0 Å². The van der Waals surface area contributed by atoms with E-state index < -0.39 is 54.0 Å². The number of Topliss-reactive ketones (excluding diaryl/α,β-unsaturated/α-hetero) is 4. The van der Waals surface area contributed by atoms with E-state index in [1.54, 1.807) is 30.3 Å². The third kappa shape index (κ3) is 10.0. The van der Waals surface area contributed by atoms with Crippen LogP contribution in [-0.2, 0) is 37.1 Å². The molecule has 1 fully saturated rings. The smallest absolute Gasteiger partial charge is 0.375 e. The molecule has 4 aromatic rings. The van der Waals surface area contributed by atoms with E-state index in [1.807, 2.05) is 60.7 Å². The number of ether oxygens (including phenoxy) is 3. The largest absolute Gasteiger partial charge is 0.489 e. The molecule has 5 rings (SSSR count). The number of benzene rings is 4. The van der Waals surface area contributed by atoms with E-state index in [0.717, 1.165) is 11.1 Å². The van der Waals surface area contributed by atoms with Gasteiger partial charge < -0.3 is 19.1 Å². The second-order valence-electron chi connectivity index (χ2n) is 11.5. The number of likely N-dealkylation sites (tertiary alicyclic amines) is 1. The highest BCUT2D eigenvalue weighted by atomic mass is 16.5. The maximum absolute atomic E-state index is 12.8. The lowest BCUT2D eigenvalue weighted by Gasteiger charge is -2.31. The second-order valence-corrected chi connectivity index (χ2v) is 11.5. The van der Waals surface area contributed by atoms with Crippen LogP contribution in [-0.4, -0.2) is 59.1 Å². The molecular formula is C39H35NO9. The number of amides is 1. The van der Waals surface area contributed by atoms with Crippen molar-refractivity contribution < 1.29 is 43.0 Å². The van der Waals surface area contributed by atoms with E-state index in [2.05, 4.69) is 0 Å². The van der Waals surface area contributed by atoms with Crippen LogP contribution in [0.25, 0.3) is 0 Å². The Kier molecular flexibility index (Phi) is 11.8. The van der Waals surface area contributed by atoms with E-state index in [0.29, 0.717) is 24.7 Å². The molecule has 0 N–H and O–H groups in total. The predicted octanol–water partition coefficient (Wildman–Crippen LogP) is 5.36. The molecule has 49 heavy (non-hydrogen) atoms. The molecule has 0 unspecified atom stereocenters. The summed E-state index contributed by atoms with van der Waals surface area (Å²) in [5.41, 5.74) is 2.40. The molecule has 0 atom stereocenters. The van der Waals surface area contributed by atoms with Gasteiger partial charge in [-0.3, -0.25) is 24.0 Å². The molecular weight excluding hydrogens is 626 g/mol. The molecule has 0 bridgehead atoms. The van der Waals surface area contributed by atoms with Crippen molar-refractivity contribution in [1.29, 1.82) is 0 Å². The Morgan fingerprint density at radius 2 is 1.04 bits per heavy atom. The summed E-state index contributed by atoms with van der Waals surface area (Å²) in [6.45, 7) is 0.819. The summed E-state index contributed by atoms with van der Waals surface area (Å²) >= 11 is 0. The summed E-state index contributed by atoms with van der Waals surface area (Å²) in [6, 6.07) is 31.9. The third-order valence-electron chi connectivity index (χ3n) is 7.92. The minimum Gasteiger partial charge on any atom is -0.489 e. The zero-order chi connectivity index (χ0) is 34.6. The summed E-state index contributed by atoms with van der Waals surface area (Å²) < 4.78 is 16.8. The SMILES string of the molecule is O=C(CC(=O)c1cccc(OCc2ccccc2)c1)C(=O)OC1CCN(C(=O)C(=O)CC(=O)c2cccc(OCc3ccccc3)c2)CC1.